The molecule has 2 N–H and O–H groups in total. The number of aromatic nitrogens is 3. The number of allylic oxidation sites excluding steroid dienone is 5. The van der Waals surface area contributed by atoms with Gasteiger partial charge in [0, 0.05) is 35.8 Å². The van der Waals surface area contributed by atoms with Crippen LogP contribution in [0.2, 0.25) is 0 Å². The summed E-state index contributed by atoms with van der Waals surface area (Å²) in [6, 6.07) is 8.00. The van der Waals surface area contributed by atoms with Crippen LogP contribution in [0.5, 0.6) is 0 Å². The van der Waals surface area contributed by atoms with Gasteiger partial charge < -0.3 is 14.6 Å². The summed E-state index contributed by atoms with van der Waals surface area (Å²) in [5.41, 5.74) is 3.67. The van der Waals surface area contributed by atoms with Crippen molar-refractivity contribution in [1.82, 2.24) is 20.1 Å². The Morgan fingerprint density at radius 1 is 1.00 bits per heavy atom. The van der Waals surface area contributed by atoms with Crippen molar-refractivity contribution in [3.05, 3.63) is 79.3 Å². The van der Waals surface area contributed by atoms with E-state index in [4.69, 9.17) is 4.74 Å². The number of ether oxygens (including phenoxy) is 1. The molecule has 4 rings (SSSR count). The predicted molar refractivity (Wildman–Crippen MR) is 167 cm³/mol. The van der Waals surface area contributed by atoms with Gasteiger partial charge >= 0.3 is 0 Å². The molecular formula is C32H52N4O2. The largest absolute Gasteiger partial charge is 0.378 e. The number of morpholine rings is 1. The van der Waals surface area contributed by atoms with Gasteiger partial charge in [0.05, 0.1) is 19.4 Å². The van der Waals surface area contributed by atoms with Crippen LogP contribution in [-0.4, -0.2) is 52.3 Å². The quantitative estimate of drug-likeness (QED) is 0.265. The SMILES string of the molecule is C/C=C\C.C=C/C=C\C.CC.CC.CCC.O=C(c1cc2ccc(-c3cn[nH]c3)cc2[nH]1)N1CCOCC1. The normalized spacial score (nSPS) is 11.9. The van der Waals surface area contributed by atoms with E-state index in [9.17, 15) is 4.79 Å². The average molecular weight is 525 g/mol. The molecule has 0 radical (unpaired) electrons. The summed E-state index contributed by atoms with van der Waals surface area (Å²) in [4.78, 5) is 17.6. The first kappa shape index (κ1) is 36.8. The second kappa shape index (κ2) is 25.3. The van der Waals surface area contributed by atoms with Crippen molar-refractivity contribution in [2.75, 3.05) is 26.3 Å². The summed E-state index contributed by atoms with van der Waals surface area (Å²) >= 11 is 0. The third-order valence-electron chi connectivity index (χ3n) is 4.64. The summed E-state index contributed by atoms with van der Waals surface area (Å²) in [7, 11) is 0. The summed E-state index contributed by atoms with van der Waals surface area (Å²) in [6.07, 6.45) is 14.5. The van der Waals surface area contributed by atoms with Crippen molar-refractivity contribution < 1.29 is 9.53 Å². The second-order valence-corrected chi connectivity index (χ2v) is 7.51. The molecule has 2 aromatic heterocycles. The first-order valence-corrected chi connectivity index (χ1v) is 13.9. The third-order valence-corrected chi connectivity index (χ3v) is 4.64. The van der Waals surface area contributed by atoms with Gasteiger partial charge in [-0.1, -0.05) is 97.1 Å². The molecule has 1 aromatic carbocycles. The minimum absolute atomic E-state index is 0.0318. The number of benzene rings is 1. The summed E-state index contributed by atoms with van der Waals surface area (Å²) in [6.45, 7) is 24.2. The van der Waals surface area contributed by atoms with Crippen LogP contribution < -0.4 is 0 Å². The van der Waals surface area contributed by atoms with Gasteiger partial charge in [-0.15, -0.1) is 0 Å². The number of hydrogen-bond acceptors (Lipinski definition) is 3. The highest BCUT2D eigenvalue weighted by molar-refractivity contribution is 5.98. The lowest BCUT2D eigenvalue weighted by molar-refractivity contribution is 0.0299. The Balaban J connectivity index is 0. The highest BCUT2D eigenvalue weighted by Gasteiger charge is 2.20. The van der Waals surface area contributed by atoms with Gasteiger partial charge in [-0.05, 0) is 38.5 Å². The Morgan fingerprint density at radius 3 is 2.05 bits per heavy atom. The zero-order valence-electron chi connectivity index (χ0n) is 25.3. The van der Waals surface area contributed by atoms with Crippen LogP contribution in [0, 0.1) is 0 Å². The standard InChI is InChI=1S/C16H16N4O2.C5H8.C4H8.C3H8.2C2H6/c21-16(20-3-5-22-6-4-20)15-8-12-2-1-11(7-14(12)19-15)13-9-17-18-10-13;1-3-5-4-2;1-3-4-2;1-3-2;2*1-2/h1-2,7-10,19H,3-6H2,(H,17,18);3-5H,1H2,2H3;3-4H,1-2H3;3H2,1-2H3;2*1-2H3/b;5-4-;4-3-;;;. The monoisotopic (exact) mass is 524 g/mol. The van der Waals surface area contributed by atoms with Gasteiger partial charge in [0.15, 0.2) is 0 Å². The molecule has 38 heavy (non-hydrogen) atoms. The maximum absolute atomic E-state index is 12.5. The molecule has 1 saturated heterocycles. The summed E-state index contributed by atoms with van der Waals surface area (Å²) < 4.78 is 5.29. The van der Waals surface area contributed by atoms with Crippen molar-refractivity contribution in [2.45, 2.75) is 68.7 Å². The van der Waals surface area contributed by atoms with Crippen molar-refractivity contribution in [3.8, 4) is 11.1 Å². The maximum atomic E-state index is 12.5. The zero-order chi connectivity index (χ0) is 29.2. The van der Waals surface area contributed by atoms with Crippen LogP contribution in [0.1, 0.15) is 79.2 Å². The molecule has 0 aliphatic carbocycles. The molecule has 1 aliphatic rings. The Hall–Kier alpha value is -3.38. The zero-order valence-corrected chi connectivity index (χ0v) is 25.3. The summed E-state index contributed by atoms with van der Waals surface area (Å²) in [5, 5.41) is 7.81. The van der Waals surface area contributed by atoms with E-state index < -0.39 is 0 Å². The molecule has 1 amide bonds. The van der Waals surface area contributed by atoms with E-state index >= 15 is 0 Å². The lowest BCUT2D eigenvalue weighted by Gasteiger charge is -2.26. The molecule has 6 nitrogen and oxygen atoms in total. The average Bonchev–Trinajstić information content (AvgIpc) is 3.67. The van der Waals surface area contributed by atoms with E-state index in [0.29, 0.717) is 32.0 Å². The minimum Gasteiger partial charge on any atom is -0.378 e. The van der Waals surface area contributed by atoms with E-state index in [2.05, 4.69) is 35.6 Å². The molecule has 1 aliphatic heterocycles. The highest BCUT2D eigenvalue weighted by atomic mass is 16.5. The van der Waals surface area contributed by atoms with Gasteiger partial charge in [-0.3, -0.25) is 9.89 Å². The van der Waals surface area contributed by atoms with Crippen LogP contribution >= 0.6 is 0 Å². The first-order chi connectivity index (χ1) is 18.6. The molecule has 3 heterocycles. The molecule has 0 bridgehead atoms. The van der Waals surface area contributed by atoms with Crippen LogP contribution in [0.25, 0.3) is 22.0 Å². The number of hydrogen-bond donors (Lipinski definition) is 2. The fourth-order valence-corrected chi connectivity index (χ4v) is 2.90. The Bertz CT molecular complexity index is 1010. The minimum atomic E-state index is 0.0318. The number of nitrogens with one attached hydrogen (secondary N) is 2. The van der Waals surface area contributed by atoms with Crippen LogP contribution in [0.15, 0.2) is 73.6 Å². The Morgan fingerprint density at radius 2 is 1.61 bits per heavy atom. The topological polar surface area (TPSA) is 74.0 Å². The number of fused-ring (bicyclic) bond motifs is 1. The molecule has 0 unspecified atom stereocenters. The molecule has 0 atom stereocenters. The molecule has 212 valence electrons. The first-order valence-electron chi connectivity index (χ1n) is 13.9. The van der Waals surface area contributed by atoms with Crippen molar-refractivity contribution >= 4 is 16.8 Å². The number of nitrogens with zero attached hydrogens (tertiary/aromatic N) is 2. The fourth-order valence-electron chi connectivity index (χ4n) is 2.90. The number of H-pyrrole nitrogens is 2. The number of carbonyl (C=O) groups excluding carboxylic acids is 1. The van der Waals surface area contributed by atoms with Gasteiger partial charge in [-0.2, -0.15) is 5.10 Å². The third kappa shape index (κ3) is 14.4. The fraction of sp³-hybridized carbons (Fsp3) is 0.438. The van der Waals surface area contributed by atoms with Crippen molar-refractivity contribution in [2.24, 2.45) is 0 Å². The van der Waals surface area contributed by atoms with E-state index in [1.165, 1.54) is 6.42 Å². The molecule has 3 aromatic rings. The maximum Gasteiger partial charge on any atom is 0.270 e. The Labute approximate surface area is 231 Å². The summed E-state index contributed by atoms with van der Waals surface area (Å²) in [5.74, 6) is 0.0318. The van der Waals surface area contributed by atoms with Gasteiger partial charge in [0.2, 0.25) is 0 Å². The van der Waals surface area contributed by atoms with E-state index in [1.54, 1.807) is 12.3 Å². The van der Waals surface area contributed by atoms with E-state index in [1.807, 2.05) is 108 Å². The molecule has 6 heteroatoms. The van der Waals surface area contributed by atoms with Crippen molar-refractivity contribution in [3.63, 3.8) is 0 Å². The molecular weight excluding hydrogens is 472 g/mol. The van der Waals surface area contributed by atoms with Gasteiger partial charge in [-0.25, -0.2) is 0 Å². The van der Waals surface area contributed by atoms with Crippen molar-refractivity contribution in [1.29, 1.82) is 0 Å². The van der Waals surface area contributed by atoms with E-state index in [-0.39, 0.29) is 5.91 Å². The smallest absolute Gasteiger partial charge is 0.270 e. The lowest BCUT2D eigenvalue weighted by Crippen LogP contribution is -2.40. The van der Waals surface area contributed by atoms with Gasteiger partial charge in [0.1, 0.15) is 5.69 Å². The molecule has 1 fully saturated rings. The van der Waals surface area contributed by atoms with Crippen LogP contribution in [0.4, 0.5) is 0 Å². The molecule has 0 saturated carbocycles. The van der Waals surface area contributed by atoms with Crippen LogP contribution in [-0.2, 0) is 4.74 Å². The van der Waals surface area contributed by atoms with Crippen LogP contribution in [0.3, 0.4) is 0 Å². The Kier molecular flexibility index (Phi) is 24.5. The second-order valence-electron chi connectivity index (χ2n) is 7.51. The number of aromatic amines is 2. The predicted octanol–water partition coefficient (Wildman–Crippen LogP) is 8.83. The van der Waals surface area contributed by atoms with Gasteiger partial charge in [0.25, 0.3) is 5.91 Å². The number of amides is 1. The number of carbonyl (C=O) groups is 1. The number of rotatable bonds is 3. The lowest BCUT2D eigenvalue weighted by atomic mass is 10.1. The molecule has 0 spiro atoms. The highest BCUT2D eigenvalue weighted by Crippen LogP contribution is 2.24. The van der Waals surface area contributed by atoms with E-state index in [0.717, 1.165) is 22.0 Å².